The molecule has 1 saturated heterocycles. The largest absolute Gasteiger partial charge is 0.504 e. The first kappa shape index (κ1) is 16.4. The average molecular weight is 362 g/mol. The van der Waals surface area contributed by atoms with Crippen LogP contribution in [0.15, 0.2) is 47.4 Å². The smallest absolute Gasteiger partial charge is 0.298 e. The number of benzene rings is 2. The topological polar surface area (TPSA) is 66.8 Å². The zero-order chi connectivity index (χ0) is 17.3. The molecule has 0 radical (unpaired) electrons. The van der Waals surface area contributed by atoms with Crippen LogP contribution >= 0.6 is 23.4 Å². The number of hydrogen-bond acceptors (Lipinski definition) is 5. The summed E-state index contributed by atoms with van der Waals surface area (Å²) in [6, 6.07) is 11.2. The molecule has 1 aliphatic rings. The normalized spacial score (nSPS) is 16.1. The van der Waals surface area contributed by atoms with E-state index in [4.69, 9.17) is 16.3 Å². The number of carbonyl (C=O) groups is 2. The minimum absolute atomic E-state index is 0.00156. The average Bonchev–Trinajstić information content (AvgIpc) is 2.83. The van der Waals surface area contributed by atoms with Crippen molar-refractivity contribution in [2.75, 3.05) is 12.0 Å². The molecular weight excluding hydrogens is 350 g/mol. The number of imide groups is 1. The fourth-order valence-electron chi connectivity index (χ4n) is 2.24. The number of amides is 2. The van der Waals surface area contributed by atoms with Gasteiger partial charge in [-0.3, -0.25) is 9.59 Å². The quantitative estimate of drug-likeness (QED) is 0.826. The number of phenols is 1. The first-order chi connectivity index (χ1) is 11.5. The first-order valence-corrected chi connectivity index (χ1v) is 8.09. The van der Waals surface area contributed by atoms with Crippen LogP contribution in [-0.2, 0) is 4.79 Å². The van der Waals surface area contributed by atoms with Crippen molar-refractivity contribution in [1.29, 1.82) is 0 Å². The van der Waals surface area contributed by atoms with Crippen LogP contribution in [0.4, 0.5) is 10.5 Å². The van der Waals surface area contributed by atoms with E-state index in [2.05, 4.69) is 0 Å². The Hall–Kier alpha value is -2.44. The summed E-state index contributed by atoms with van der Waals surface area (Å²) in [6.45, 7) is 0. The molecule has 1 heterocycles. The molecule has 7 heteroatoms. The van der Waals surface area contributed by atoms with Crippen LogP contribution in [0, 0.1) is 0 Å². The van der Waals surface area contributed by atoms with Gasteiger partial charge in [-0.05, 0) is 53.7 Å². The van der Waals surface area contributed by atoms with Crippen molar-refractivity contribution < 1.29 is 19.4 Å². The van der Waals surface area contributed by atoms with Gasteiger partial charge in [-0.2, -0.15) is 0 Å². The number of phenolic OH excluding ortho intramolecular Hbond substituents is 1. The Kier molecular flexibility index (Phi) is 4.51. The fraction of sp³-hybridized carbons (Fsp3) is 0.0588. The van der Waals surface area contributed by atoms with Gasteiger partial charge >= 0.3 is 0 Å². The van der Waals surface area contributed by atoms with Crippen LogP contribution in [-0.4, -0.2) is 23.4 Å². The summed E-state index contributed by atoms with van der Waals surface area (Å²) in [5.41, 5.74) is 1.07. The van der Waals surface area contributed by atoms with Gasteiger partial charge in [0.25, 0.3) is 11.1 Å². The van der Waals surface area contributed by atoms with E-state index >= 15 is 0 Å². The Bertz CT molecular complexity index is 865. The van der Waals surface area contributed by atoms with Crippen LogP contribution in [0.3, 0.4) is 0 Å². The molecule has 1 N–H and O–H groups in total. The lowest BCUT2D eigenvalue weighted by Crippen LogP contribution is -2.27. The van der Waals surface area contributed by atoms with Gasteiger partial charge in [-0.25, -0.2) is 4.90 Å². The monoisotopic (exact) mass is 361 g/mol. The molecule has 2 amide bonds. The number of halogens is 1. The number of nitrogens with zero attached hydrogens (tertiary/aromatic N) is 1. The molecule has 0 unspecified atom stereocenters. The standard InChI is InChI=1S/C17H12ClNO4S/c1-23-14-7-10(5-6-13(14)20)8-15-16(21)19(17(22)24-15)12-4-2-3-11(18)9-12/h2-9,20H,1H3/b15-8-. The molecule has 0 bridgehead atoms. The van der Waals surface area contributed by atoms with Crippen LogP contribution in [0.5, 0.6) is 11.5 Å². The molecule has 0 saturated carbocycles. The van der Waals surface area contributed by atoms with Crippen molar-refractivity contribution in [3.05, 3.63) is 58.0 Å². The van der Waals surface area contributed by atoms with Gasteiger partial charge in [0.2, 0.25) is 0 Å². The van der Waals surface area contributed by atoms with E-state index in [1.165, 1.54) is 13.2 Å². The van der Waals surface area contributed by atoms with Gasteiger partial charge in [0.05, 0.1) is 17.7 Å². The molecule has 24 heavy (non-hydrogen) atoms. The van der Waals surface area contributed by atoms with E-state index in [0.29, 0.717) is 16.3 Å². The Balaban J connectivity index is 1.94. The van der Waals surface area contributed by atoms with Crippen molar-refractivity contribution in [2.45, 2.75) is 0 Å². The Labute approximate surface area is 147 Å². The van der Waals surface area contributed by atoms with E-state index in [9.17, 15) is 14.7 Å². The molecule has 0 spiro atoms. The summed E-state index contributed by atoms with van der Waals surface area (Å²) in [6.07, 6.45) is 1.58. The Morgan fingerprint density at radius 2 is 2.00 bits per heavy atom. The number of thioether (sulfide) groups is 1. The second-order valence-corrected chi connectivity index (χ2v) is 6.36. The molecule has 2 aromatic carbocycles. The van der Waals surface area contributed by atoms with Crippen LogP contribution in [0.1, 0.15) is 5.56 Å². The van der Waals surface area contributed by atoms with Gasteiger partial charge in [-0.1, -0.05) is 23.7 Å². The SMILES string of the molecule is COc1cc(/C=C2\SC(=O)N(c3cccc(Cl)c3)C2=O)ccc1O. The number of aromatic hydroxyl groups is 1. The summed E-state index contributed by atoms with van der Waals surface area (Å²) in [7, 11) is 1.44. The van der Waals surface area contributed by atoms with E-state index in [-0.39, 0.29) is 21.6 Å². The number of methoxy groups -OCH3 is 1. The lowest BCUT2D eigenvalue weighted by molar-refractivity contribution is -0.113. The van der Waals surface area contributed by atoms with Crippen molar-refractivity contribution in [1.82, 2.24) is 0 Å². The molecule has 0 aromatic heterocycles. The lowest BCUT2D eigenvalue weighted by Gasteiger charge is -2.12. The molecule has 1 aliphatic heterocycles. The van der Waals surface area contributed by atoms with E-state index in [1.54, 1.807) is 42.5 Å². The molecule has 122 valence electrons. The van der Waals surface area contributed by atoms with E-state index < -0.39 is 5.91 Å². The minimum Gasteiger partial charge on any atom is -0.504 e. The first-order valence-electron chi connectivity index (χ1n) is 6.90. The zero-order valence-electron chi connectivity index (χ0n) is 12.5. The van der Waals surface area contributed by atoms with Gasteiger partial charge < -0.3 is 9.84 Å². The van der Waals surface area contributed by atoms with Gasteiger partial charge in [0, 0.05) is 5.02 Å². The third kappa shape index (κ3) is 3.11. The van der Waals surface area contributed by atoms with Crippen molar-refractivity contribution in [3.8, 4) is 11.5 Å². The maximum absolute atomic E-state index is 12.5. The van der Waals surface area contributed by atoms with Crippen molar-refractivity contribution in [2.24, 2.45) is 0 Å². The number of rotatable bonds is 3. The summed E-state index contributed by atoms with van der Waals surface area (Å²) in [4.78, 5) is 26.1. The predicted molar refractivity (Wildman–Crippen MR) is 94.6 cm³/mol. The van der Waals surface area contributed by atoms with Crippen molar-refractivity contribution >= 4 is 46.3 Å². The molecular formula is C17H12ClNO4S. The third-order valence-corrected chi connectivity index (χ3v) is 4.47. The highest BCUT2D eigenvalue weighted by Gasteiger charge is 2.36. The van der Waals surface area contributed by atoms with Crippen LogP contribution < -0.4 is 9.64 Å². The second-order valence-electron chi connectivity index (χ2n) is 4.93. The highest BCUT2D eigenvalue weighted by Crippen LogP contribution is 2.37. The number of anilines is 1. The molecule has 1 fully saturated rings. The van der Waals surface area contributed by atoms with Gasteiger partial charge in [0.1, 0.15) is 0 Å². The second kappa shape index (κ2) is 6.59. The lowest BCUT2D eigenvalue weighted by atomic mass is 10.2. The maximum atomic E-state index is 12.5. The highest BCUT2D eigenvalue weighted by molar-refractivity contribution is 8.19. The predicted octanol–water partition coefficient (Wildman–Crippen LogP) is 4.30. The fourth-order valence-corrected chi connectivity index (χ4v) is 3.27. The summed E-state index contributed by atoms with van der Waals surface area (Å²) in [5, 5.41) is 9.67. The van der Waals surface area contributed by atoms with Gasteiger partial charge in [0.15, 0.2) is 11.5 Å². The number of ether oxygens (including phenoxy) is 1. The summed E-state index contributed by atoms with van der Waals surface area (Å²) < 4.78 is 5.04. The van der Waals surface area contributed by atoms with Crippen molar-refractivity contribution in [3.63, 3.8) is 0 Å². The molecule has 3 rings (SSSR count). The number of carbonyl (C=O) groups excluding carboxylic acids is 2. The minimum atomic E-state index is -0.417. The van der Waals surface area contributed by atoms with E-state index in [1.807, 2.05) is 0 Å². The zero-order valence-corrected chi connectivity index (χ0v) is 14.1. The Morgan fingerprint density at radius 1 is 1.21 bits per heavy atom. The molecule has 0 aliphatic carbocycles. The molecule has 0 atom stereocenters. The third-order valence-electron chi connectivity index (χ3n) is 3.36. The molecule has 2 aromatic rings. The molecule has 5 nitrogen and oxygen atoms in total. The summed E-state index contributed by atoms with van der Waals surface area (Å²) >= 11 is 6.77. The van der Waals surface area contributed by atoms with Gasteiger partial charge in [-0.15, -0.1) is 0 Å². The Morgan fingerprint density at radius 3 is 2.71 bits per heavy atom. The van der Waals surface area contributed by atoms with Crippen LogP contribution in [0.25, 0.3) is 6.08 Å². The summed E-state index contributed by atoms with van der Waals surface area (Å²) in [5.74, 6) is -0.126. The highest BCUT2D eigenvalue weighted by atomic mass is 35.5. The number of hydrogen-bond donors (Lipinski definition) is 1. The maximum Gasteiger partial charge on any atom is 0.298 e. The van der Waals surface area contributed by atoms with Crippen LogP contribution in [0.2, 0.25) is 5.02 Å². The van der Waals surface area contributed by atoms with E-state index in [0.717, 1.165) is 16.7 Å².